The summed E-state index contributed by atoms with van der Waals surface area (Å²) in [5, 5.41) is 4.07. The van der Waals surface area contributed by atoms with Crippen LogP contribution >= 0.6 is 15.9 Å². The summed E-state index contributed by atoms with van der Waals surface area (Å²) in [4.78, 5) is 35.8. The predicted octanol–water partition coefficient (Wildman–Crippen LogP) is 2.36. The molecule has 0 radical (unpaired) electrons. The molecule has 0 unspecified atom stereocenters. The Labute approximate surface area is 155 Å². The lowest BCUT2D eigenvalue weighted by atomic mass is 10.2. The number of aliphatic imine (C=N–C) groups is 1. The zero-order valence-corrected chi connectivity index (χ0v) is 15.2. The summed E-state index contributed by atoms with van der Waals surface area (Å²) in [6, 6.07) is 12.0. The van der Waals surface area contributed by atoms with Crippen LogP contribution in [-0.4, -0.2) is 22.0 Å². The molecule has 1 aromatic heterocycles. The van der Waals surface area contributed by atoms with Crippen molar-refractivity contribution >= 4 is 33.9 Å². The van der Waals surface area contributed by atoms with Crippen molar-refractivity contribution in [2.24, 2.45) is 15.0 Å². The number of aryl methyl sites for hydroxylation is 1. The van der Waals surface area contributed by atoms with Crippen LogP contribution in [0.5, 0.6) is 0 Å². The Morgan fingerprint density at radius 1 is 1.08 bits per heavy atom. The fourth-order valence-corrected chi connectivity index (χ4v) is 2.89. The largest absolute Gasteiger partial charge is 0.368 e. The lowest BCUT2D eigenvalue weighted by Gasteiger charge is -2.00. The predicted molar refractivity (Wildman–Crippen MR) is 100 cm³/mol. The number of hydrogen-bond acceptors (Lipinski definition) is 3. The third kappa shape index (κ3) is 2.95. The Balaban J connectivity index is 1.71. The van der Waals surface area contributed by atoms with Crippen molar-refractivity contribution in [3.05, 3.63) is 79.3 Å². The van der Waals surface area contributed by atoms with Crippen molar-refractivity contribution in [1.29, 1.82) is 0 Å². The molecule has 1 N–H and O–H groups in total. The SMILES string of the molecule is Cc1[nH]n(-c2ccc(Br)cc2)c(=O)c1C=Nc1ccc2c(c1)=NC(=O)N=2. The highest BCUT2D eigenvalue weighted by Crippen LogP contribution is 2.13. The van der Waals surface area contributed by atoms with E-state index < -0.39 is 6.03 Å². The van der Waals surface area contributed by atoms with Crippen LogP contribution in [0.15, 0.2) is 66.7 Å². The number of urea groups is 1. The summed E-state index contributed by atoms with van der Waals surface area (Å²) in [5.74, 6) is 0. The second-order valence-electron chi connectivity index (χ2n) is 5.70. The van der Waals surface area contributed by atoms with Crippen LogP contribution in [0.4, 0.5) is 10.5 Å². The van der Waals surface area contributed by atoms with Crippen molar-refractivity contribution in [3.8, 4) is 5.69 Å². The molecule has 0 bridgehead atoms. The third-order valence-electron chi connectivity index (χ3n) is 3.94. The quantitative estimate of drug-likeness (QED) is 0.672. The number of rotatable bonds is 3. The molecule has 0 spiro atoms. The number of amides is 2. The Kier molecular flexibility index (Phi) is 3.96. The van der Waals surface area contributed by atoms with E-state index in [2.05, 4.69) is 36.0 Å². The lowest BCUT2D eigenvalue weighted by molar-refractivity contribution is 0.256. The first-order valence-electron chi connectivity index (χ1n) is 7.74. The standard InChI is InChI=1S/C18H12BrN5O2/c1-10-14(17(25)24(23-10)13-5-2-11(19)3-6-13)9-20-12-4-7-15-16(8-12)22-18(26)21-15/h2-9,23H,1H3. The molecule has 0 saturated heterocycles. The number of aromatic nitrogens is 2. The van der Waals surface area contributed by atoms with Gasteiger partial charge < -0.3 is 0 Å². The zero-order valence-electron chi connectivity index (χ0n) is 13.6. The van der Waals surface area contributed by atoms with Gasteiger partial charge in [-0.1, -0.05) is 15.9 Å². The molecular formula is C18H12BrN5O2. The van der Waals surface area contributed by atoms with Gasteiger partial charge in [0, 0.05) is 16.4 Å². The summed E-state index contributed by atoms with van der Waals surface area (Å²) in [6.07, 6.45) is 1.51. The highest BCUT2D eigenvalue weighted by atomic mass is 79.9. The van der Waals surface area contributed by atoms with Crippen LogP contribution in [0.1, 0.15) is 11.3 Å². The van der Waals surface area contributed by atoms with E-state index in [1.54, 1.807) is 18.2 Å². The van der Waals surface area contributed by atoms with E-state index in [0.29, 0.717) is 27.7 Å². The molecule has 0 atom stereocenters. The van der Waals surface area contributed by atoms with Crippen molar-refractivity contribution in [1.82, 2.24) is 9.78 Å². The van der Waals surface area contributed by atoms with E-state index in [1.807, 2.05) is 31.2 Å². The fourth-order valence-electron chi connectivity index (χ4n) is 2.63. The molecule has 2 amide bonds. The summed E-state index contributed by atoms with van der Waals surface area (Å²) in [5.41, 5.74) is 2.30. The van der Waals surface area contributed by atoms with E-state index >= 15 is 0 Å². The number of H-pyrrole nitrogens is 1. The zero-order chi connectivity index (χ0) is 18.3. The molecule has 2 aromatic carbocycles. The van der Waals surface area contributed by atoms with Crippen molar-refractivity contribution in [2.45, 2.75) is 6.92 Å². The molecule has 3 aromatic rings. The summed E-state index contributed by atoms with van der Waals surface area (Å²) >= 11 is 3.38. The maximum Gasteiger partial charge on any atom is 0.368 e. The van der Waals surface area contributed by atoms with Gasteiger partial charge in [-0.05, 0) is 49.4 Å². The van der Waals surface area contributed by atoms with Gasteiger partial charge in [0.25, 0.3) is 5.56 Å². The van der Waals surface area contributed by atoms with E-state index in [-0.39, 0.29) is 5.56 Å². The Hall–Kier alpha value is -3.13. The summed E-state index contributed by atoms with van der Waals surface area (Å²) in [6.45, 7) is 1.81. The molecular weight excluding hydrogens is 398 g/mol. The van der Waals surface area contributed by atoms with Crippen molar-refractivity contribution in [3.63, 3.8) is 0 Å². The fraction of sp³-hybridized carbons (Fsp3) is 0.0556. The number of fused-ring (bicyclic) bond motifs is 1. The molecule has 8 heteroatoms. The summed E-state index contributed by atoms with van der Waals surface area (Å²) < 4.78 is 2.41. The second kappa shape index (κ2) is 6.30. The van der Waals surface area contributed by atoms with Gasteiger partial charge in [-0.2, -0.15) is 9.98 Å². The molecule has 1 aliphatic rings. The van der Waals surface area contributed by atoms with Gasteiger partial charge in [0.05, 0.1) is 27.7 Å². The molecule has 7 nitrogen and oxygen atoms in total. The average molecular weight is 410 g/mol. The molecule has 26 heavy (non-hydrogen) atoms. The van der Waals surface area contributed by atoms with Gasteiger partial charge >= 0.3 is 6.03 Å². The van der Waals surface area contributed by atoms with Crippen LogP contribution in [0.3, 0.4) is 0 Å². The van der Waals surface area contributed by atoms with Gasteiger partial charge in [-0.3, -0.25) is 14.9 Å². The minimum absolute atomic E-state index is 0.190. The molecule has 4 rings (SSSR count). The minimum Gasteiger partial charge on any atom is -0.295 e. The molecule has 0 fully saturated rings. The van der Waals surface area contributed by atoms with Crippen LogP contribution in [0, 0.1) is 6.92 Å². The minimum atomic E-state index is -0.514. The third-order valence-corrected chi connectivity index (χ3v) is 4.46. The normalized spacial score (nSPS) is 12.9. The maximum absolute atomic E-state index is 12.7. The number of carbonyl (C=O) groups is 1. The first kappa shape index (κ1) is 16.3. The van der Waals surface area contributed by atoms with Crippen LogP contribution in [0.25, 0.3) is 5.69 Å². The number of nitrogens with zero attached hydrogens (tertiary/aromatic N) is 4. The molecule has 2 heterocycles. The maximum atomic E-state index is 12.7. The van der Waals surface area contributed by atoms with Gasteiger partial charge in [0.2, 0.25) is 0 Å². The number of halogens is 1. The number of nitrogens with one attached hydrogen (secondary N) is 1. The van der Waals surface area contributed by atoms with Crippen molar-refractivity contribution in [2.75, 3.05) is 0 Å². The van der Waals surface area contributed by atoms with E-state index in [0.717, 1.165) is 10.2 Å². The van der Waals surface area contributed by atoms with Crippen molar-refractivity contribution < 1.29 is 4.79 Å². The number of benzene rings is 2. The van der Waals surface area contributed by atoms with Gasteiger partial charge in [0.15, 0.2) is 0 Å². The molecule has 0 aliphatic carbocycles. The highest BCUT2D eigenvalue weighted by molar-refractivity contribution is 9.10. The highest BCUT2D eigenvalue weighted by Gasteiger charge is 2.11. The molecule has 1 aliphatic heterocycles. The topological polar surface area (TPSA) is 91.9 Å². The number of carbonyl (C=O) groups excluding carboxylic acids is 1. The van der Waals surface area contributed by atoms with Crippen LogP contribution in [-0.2, 0) is 0 Å². The molecule has 0 saturated carbocycles. The van der Waals surface area contributed by atoms with Crippen LogP contribution < -0.4 is 16.3 Å². The molecule has 128 valence electrons. The Morgan fingerprint density at radius 3 is 2.58 bits per heavy atom. The van der Waals surface area contributed by atoms with Crippen LogP contribution in [0.2, 0.25) is 0 Å². The van der Waals surface area contributed by atoms with Gasteiger partial charge in [-0.25, -0.2) is 9.48 Å². The number of aromatic amines is 1. The first-order valence-corrected chi connectivity index (χ1v) is 8.54. The van der Waals surface area contributed by atoms with Gasteiger partial charge in [0.1, 0.15) is 0 Å². The van der Waals surface area contributed by atoms with E-state index in [4.69, 9.17) is 0 Å². The Morgan fingerprint density at radius 2 is 1.81 bits per heavy atom. The average Bonchev–Trinajstić information content (AvgIpc) is 3.12. The van der Waals surface area contributed by atoms with E-state index in [1.165, 1.54) is 10.9 Å². The first-order chi connectivity index (χ1) is 12.5. The Bertz CT molecular complexity index is 1240. The smallest absolute Gasteiger partial charge is 0.295 e. The van der Waals surface area contributed by atoms with E-state index in [9.17, 15) is 9.59 Å². The number of hydrogen-bond donors (Lipinski definition) is 1. The summed E-state index contributed by atoms with van der Waals surface area (Å²) in [7, 11) is 0. The second-order valence-corrected chi connectivity index (χ2v) is 6.62. The monoisotopic (exact) mass is 409 g/mol. The lowest BCUT2D eigenvalue weighted by Crippen LogP contribution is -2.20. The van der Waals surface area contributed by atoms with Gasteiger partial charge in [-0.15, -0.1) is 0 Å².